The van der Waals surface area contributed by atoms with Gasteiger partial charge in [-0.1, -0.05) is 25.4 Å². The number of nitrogens with zero attached hydrogens (tertiary/aromatic N) is 1. The Hall–Kier alpha value is -3.06. The van der Waals surface area contributed by atoms with E-state index in [4.69, 9.17) is 16.3 Å². The number of amides is 2. The zero-order valence-electron chi connectivity index (χ0n) is 15.8. The van der Waals surface area contributed by atoms with Crippen LogP contribution in [0.25, 0.3) is 0 Å². The van der Waals surface area contributed by atoms with Crippen molar-refractivity contribution >= 4 is 29.6 Å². The van der Waals surface area contributed by atoms with Gasteiger partial charge in [-0.25, -0.2) is 5.43 Å². The van der Waals surface area contributed by atoms with E-state index in [0.29, 0.717) is 21.9 Å². The number of hydrazone groups is 1. The number of rotatable bonds is 7. The lowest BCUT2D eigenvalue weighted by Crippen LogP contribution is -2.48. The number of ether oxygens (including phenoxy) is 1. The minimum atomic E-state index is -0.792. The van der Waals surface area contributed by atoms with E-state index in [1.165, 1.54) is 31.5 Å². The molecule has 148 valence electrons. The summed E-state index contributed by atoms with van der Waals surface area (Å²) in [5.41, 5.74) is 3.14. The van der Waals surface area contributed by atoms with Gasteiger partial charge in [0.2, 0.25) is 0 Å². The van der Waals surface area contributed by atoms with Crippen LogP contribution in [0.15, 0.2) is 47.6 Å². The maximum absolute atomic E-state index is 12.4. The number of hydrogen-bond acceptors (Lipinski definition) is 5. The van der Waals surface area contributed by atoms with E-state index >= 15 is 0 Å². The van der Waals surface area contributed by atoms with E-state index < -0.39 is 11.9 Å². The molecular formula is C20H22ClN3O4. The van der Waals surface area contributed by atoms with Crippen LogP contribution < -0.4 is 15.5 Å². The minimum Gasteiger partial charge on any atom is -0.507 e. The molecule has 0 bridgehead atoms. The summed E-state index contributed by atoms with van der Waals surface area (Å²) in [6.45, 7) is 3.62. The first-order valence-electron chi connectivity index (χ1n) is 8.58. The molecule has 0 aliphatic carbocycles. The van der Waals surface area contributed by atoms with Gasteiger partial charge < -0.3 is 15.2 Å². The number of phenolic OH excluding ortho intramolecular Hbond substituents is 1. The molecule has 0 aliphatic heterocycles. The normalized spacial score (nSPS) is 12.0. The van der Waals surface area contributed by atoms with E-state index in [0.717, 1.165) is 0 Å². The number of benzene rings is 2. The van der Waals surface area contributed by atoms with Crippen LogP contribution in [0.5, 0.6) is 11.5 Å². The Labute approximate surface area is 168 Å². The number of carbonyl (C=O) groups excluding carboxylic acids is 2. The standard InChI is InChI=1S/C20H22ClN3O4/c1-12(2)18(23-19(26)13-4-7-16(28-3)8-5-13)20(27)24-22-11-14-10-15(21)6-9-17(14)25/h4-12,18,25H,1-3H3,(H,23,26)(H,24,27)/b22-11+. The number of hydrogen-bond donors (Lipinski definition) is 3. The SMILES string of the molecule is COc1ccc(C(=O)NC(C(=O)N/N=C/c2cc(Cl)ccc2O)C(C)C)cc1. The Bertz CT molecular complexity index is 866. The molecule has 0 saturated heterocycles. The lowest BCUT2D eigenvalue weighted by atomic mass is 10.0. The molecule has 0 heterocycles. The van der Waals surface area contributed by atoms with Gasteiger partial charge in [-0.05, 0) is 48.4 Å². The summed E-state index contributed by atoms with van der Waals surface area (Å²) in [6.07, 6.45) is 1.28. The van der Waals surface area contributed by atoms with Crippen molar-refractivity contribution < 1.29 is 19.4 Å². The van der Waals surface area contributed by atoms with Crippen molar-refractivity contribution in [2.75, 3.05) is 7.11 Å². The number of phenols is 1. The zero-order valence-corrected chi connectivity index (χ0v) is 16.5. The third kappa shape index (κ3) is 5.72. The Balaban J connectivity index is 2.03. The van der Waals surface area contributed by atoms with Gasteiger partial charge in [0.25, 0.3) is 11.8 Å². The van der Waals surface area contributed by atoms with Crippen molar-refractivity contribution in [1.82, 2.24) is 10.7 Å². The van der Waals surface area contributed by atoms with Crippen LogP contribution in [0.2, 0.25) is 5.02 Å². The highest BCUT2D eigenvalue weighted by atomic mass is 35.5. The molecule has 0 aromatic heterocycles. The smallest absolute Gasteiger partial charge is 0.262 e. The molecule has 8 heteroatoms. The second-order valence-corrected chi connectivity index (χ2v) is 6.80. The molecule has 1 atom stereocenters. The third-order valence-electron chi connectivity index (χ3n) is 3.96. The lowest BCUT2D eigenvalue weighted by Gasteiger charge is -2.20. The largest absolute Gasteiger partial charge is 0.507 e. The first kappa shape index (κ1) is 21.2. The van der Waals surface area contributed by atoms with Crippen LogP contribution in [0.3, 0.4) is 0 Å². The van der Waals surface area contributed by atoms with Gasteiger partial charge in [0.15, 0.2) is 0 Å². The minimum absolute atomic E-state index is 0.0179. The Kier molecular flexibility index (Phi) is 7.40. The van der Waals surface area contributed by atoms with Crippen molar-refractivity contribution in [3.05, 3.63) is 58.6 Å². The van der Waals surface area contributed by atoms with Crippen LogP contribution in [0, 0.1) is 5.92 Å². The number of carbonyl (C=O) groups is 2. The van der Waals surface area contributed by atoms with Crippen LogP contribution in [-0.4, -0.2) is 36.3 Å². The van der Waals surface area contributed by atoms with E-state index in [1.807, 2.05) is 13.8 Å². The Morgan fingerprint density at radius 1 is 1.18 bits per heavy atom. The molecule has 28 heavy (non-hydrogen) atoms. The van der Waals surface area contributed by atoms with Gasteiger partial charge in [0, 0.05) is 16.1 Å². The predicted octanol–water partition coefficient (Wildman–Crippen LogP) is 2.96. The number of halogens is 1. The highest BCUT2D eigenvalue weighted by Crippen LogP contribution is 2.19. The second kappa shape index (κ2) is 9.75. The fraction of sp³-hybridized carbons (Fsp3) is 0.250. The highest BCUT2D eigenvalue weighted by Gasteiger charge is 2.24. The molecule has 0 spiro atoms. The van der Waals surface area contributed by atoms with Crippen molar-refractivity contribution in [2.24, 2.45) is 11.0 Å². The Morgan fingerprint density at radius 3 is 2.46 bits per heavy atom. The summed E-state index contributed by atoms with van der Waals surface area (Å²) in [6, 6.07) is 10.3. The van der Waals surface area contributed by atoms with Crippen molar-refractivity contribution in [3.8, 4) is 11.5 Å². The summed E-state index contributed by atoms with van der Waals surface area (Å²) in [4.78, 5) is 24.9. The van der Waals surface area contributed by atoms with Crippen molar-refractivity contribution in [1.29, 1.82) is 0 Å². The second-order valence-electron chi connectivity index (χ2n) is 6.36. The molecule has 2 amide bonds. The summed E-state index contributed by atoms with van der Waals surface area (Å²) in [7, 11) is 1.54. The lowest BCUT2D eigenvalue weighted by molar-refractivity contribution is -0.123. The van der Waals surface area contributed by atoms with Gasteiger partial charge in [0.05, 0.1) is 13.3 Å². The maximum atomic E-state index is 12.4. The van der Waals surface area contributed by atoms with E-state index in [1.54, 1.807) is 24.3 Å². The van der Waals surface area contributed by atoms with Gasteiger partial charge in [-0.2, -0.15) is 5.10 Å². The molecule has 3 N–H and O–H groups in total. The highest BCUT2D eigenvalue weighted by molar-refractivity contribution is 6.30. The van der Waals surface area contributed by atoms with Gasteiger partial charge >= 0.3 is 0 Å². The zero-order chi connectivity index (χ0) is 20.7. The quantitative estimate of drug-likeness (QED) is 0.488. The molecular weight excluding hydrogens is 382 g/mol. The maximum Gasteiger partial charge on any atom is 0.262 e. The first-order valence-corrected chi connectivity index (χ1v) is 8.96. The average molecular weight is 404 g/mol. The van der Waals surface area contributed by atoms with E-state index in [9.17, 15) is 14.7 Å². The van der Waals surface area contributed by atoms with E-state index in [2.05, 4.69) is 15.8 Å². The molecule has 2 rings (SSSR count). The number of aromatic hydroxyl groups is 1. The summed E-state index contributed by atoms with van der Waals surface area (Å²) < 4.78 is 5.07. The Morgan fingerprint density at radius 2 is 1.86 bits per heavy atom. The third-order valence-corrected chi connectivity index (χ3v) is 4.19. The first-order chi connectivity index (χ1) is 13.3. The monoisotopic (exact) mass is 403 g/mol. The fourth-order valence-corrected chi connectivity index (χ4v) is 2.55. The molecule has 2 aromatic rings. The van der Waals surface area contributed by atoms with Crippen LogP contribution in [-0.2, 0) is 4.79 Å². The summed E-state index contributed by atoms with van der Waals surface area (Å²) >= 11 is 5.87. The fourth-order valence-electron chi connectivity index (χ4n) is 2.37. The van der Waals surface area contributed by atoms with Gasteiger partial charge in [0.1, 0.15) is 17.5 Å². The molecule has 2 aromatic carbocycles. The topological polar surface area (TPSA) is 100 Å². The van der Waals surface area contributed by atoms with Crippen LogP contribution in [0.1, 0.15) is 29.8 Å². The molecule has 0 saturated carbocycles. The molecule has 1 unspecified atom stereocenters. The van der Waals surface area contributed by atoms with Gasteiger partial charge in [-0.3, -0.25) is 9.59 Å². The summed E-state index contributed by atoms with van der Waals surface area (Å²) in [5, 5.41) is 16.7. The van der Waals surface area contributed by atoms with Gasteiger partial charge in [-0.15, -0.1) is 0 Å². The molecule has 0 fully saturated rings. The van der Waals surface area contributed by atoms with Crippen LogP contribution >= 0.6 is 11.6 Å². The average Bonchev–Trinajstić information content (AvgIpc) is 2.68. The molecule has 0 radical (unpaired) electrons. The number of nitrogens with one attached hydrogen (secondary N) is 2. The van der Waals surface area contributed by atoms with E-state index in [-0.39, 0.29) is 17.6 Å². The molecule has 0 aliphatic rings. The van der Waals surface area contributed by atoms with Crippen LogP contribution in [0.4, 0.5) is 0 Å². The van der Waals surface area contributed by atoms with Crippen molar-refractivity contribution in [3.63, 3.8) is 0 Å². The van der Waals surface area contributed by atoms with Crippen molar-refractivity contribution in [2.45, 2.75) is 19.9 Å². The predicted molar refractivity (Wildman–Crippen MR) is 108 cm³/mol. The summed E-state index contributed by atoms with van der Waals surface area (Å²) in [5.74, 6) is -0.413. The number of methoxy groups -OCH3 is 1. The molecule has 7 nitrogen and oxygen atoms in total.